The smallest absolute Gasteiger partial charge is 0.490 e. The van der Waals surface area contributed by atoms with Crippen molar-refractivity contribution in [2.75, 3.05) is 13.7 Å². The molecule has 3 N–H and O–H groups in total. The second kappa shape index (κ2) is 14.5. The highest BCUT2D eigenvalue weighted by atomic mass is 19.4. The maximum absolute atomic E-state index is 10.6. The molecule has 1 aliphatic carbocycles. The van der Waals surface area contributed by atoms with Crippen LogP contribution in [0, 0.1) is 0 Å². The molecule has 0 radical (unpaired) electrons. The fourth-order valence-corrected chi connectivity index (χ4v) is 4.36. The van der Waals surface area contributed by atoms with Crippen molar-refractivity contribution >= 4 is 5.97 Å². The summed E-state index contributed by atoms with van der Waals surface area (Å²) in [7, 11) is 1.71. The van der Waals surface area contributed by atoms with Gasteiger partial charge in [-0.25, -0.2) is 4.79 Å². The van der Waals surface area contributed by atoms with Gasteiger partial charge in [-0.2, -0.15) is 13.2 Å². The topological polar surface area (TPSA) is 70.6 Å². The van der Waals surface area contributed by atoms with Gasteiger partial charge in [-0.1, -0.05) is 67.4 Å². The lowest BCUT2D eigenvalue weighted by Gasteiger charge is -2.13. The van der Waals surface area contributed by atoms with Crippen LogP contribution in [0.1, 0.15) is 42.4 Å². The molecular formula is C30H35F3N2O3. The predicted molar refractivity (Wildman–Crippen MR) is 143 cm³/mol. The van der Waals surface area contributed by atoms with E-state index in [1.54, 1.807) is 7.11 Å². The van der Waals surface area contributed by atoms with E-state index < -0.39 is 12.1 Å². The predicted octanol–water partition coefficient (Wildman–Crippen LogP) is 6.36. The number of methoxy groups -OCH3 is 1. The van der Waals surface area contributed by atoms with Crippen molar-refractivity contribution < 1.29 is 27.8 Å². The quantitative estimate of drug-likeness (QED) is 0.267. The molecule has 1 saturated carbocycles. The summed E-state index contributed by atoms with van der Waals surface area (Å²) < 4.78 is 37.0. The van der Waals surface area contributed by atoms with E-state index in [2.05, 4.69) is 71.3 Å². The van der Waals surface area contributed by atoms with Crippen molar-refractivity contribution in [2.24, 2.45) is 0 Å². The van der Waals surface area contributed by atoms with Gasteiger partial charge in [0.15, 0.2) is 0 Å². The second-order valence-electron chi connectivity index (χ2n) is 9.34. The zero-order valence-electron chi connectivity index (χ0n) is 21.6. The summed E-state index contributed by atoms with van der Waals surface area (Å²) in [5.41, 5.74) is 6.55. The Balaban J connectivity index is 0.000000505. The normalized spacial score (nSPS) is 13.6. The number of ether oxygens (including phenoxy) is 1. The van der Waals surface area contributed by atoms with Gasteiger partial charge in [0.2, 0.25) is 0 Å². The average molecular weight is 529 g/mol. The first-order valence-electron chi connectivity index (χ1n) is 12.8. The molecule has 1 fully saturated rings. The number of hydrogen-bond donors (Lipinski definition) is 3. The number of rotatable bonds is 10. The molecule has 5 nitrogen and oxygen atoms in total. The first-order chi connectivity index (χ1) is 18.2. The van der Waals surface area contributed by atoms with Gasteiger partial charge in [-0.3, -0.25) is 0 Å². The van der Waals surface area contributed by atoms with E-state index in [9.17, 15) is 13.2 Å². The third-order valence-electron chi connectivity index (χ3n) is 6.46. The van der Waals surface area contributed by atoms with Crippen LogP contribution in [0.4, 0.5) is 13.2 Å². The number of carboxylic acids is 1. The van der Waals surface area contributed by atoms with Crippen molar-refractivity contribution in [1.82, 2.24) is 10.6 Å². The molecule has 1 aliphatic rings. The molecule has 3 aromatic carbocycles. The summed E-state index contributed by atoms with van der Waals surface area (Å²) >= 11 is 0. The van der Waals surface area contributed by atoms with Gasteiger partial charge in [0.1, 0.15) is 5.75 Å². The zero-order valence-corrected chi connectivity index (χ0v) is 21.6. The van der Waals surface area contributed by atoms with Gasteiger partial charge in [-0.05, 0) is 71.8 Å². The minimum absolute atomic E-state index is 0.708. The highest BCUT2D eigenvalue weighted by Crippen LogP contribution is 2.22. The summed E-state index contributed by atoms with van der Waals surface area (Å²) in [4.78, 5) is 8.90. The summed E-state index contributed by atoms with van der Waals surface area (Å²) in [6.07, 6.45) is 1.32. The molecule has 0 spiro atoms. The average Bonchev–Trinajstić information content (AvgIpc) is 3.44. The van der Waals surface area contributed by atoms with Crippen LogP contribution >= 0.6 is 0 Å². The van der Waals surface area contributed by atoms with Crippen LogP contribution in [0.15, 0.2) is 72.8 Å². The Kier molecular flexibility index (Phi) is 11.2. The van der Waals surface area contributed by atoms with Gasteiger partial charge in [0, 0.05) is 19.1 Å². The number of nitrogens with one attached hydrogen (secondary N) is 2. The molecule has 0 unspecified atom stereocenters. The number of hydrogen-bond acceptors (Lipinski definition) is 4. The molecule has 4 rings (SSSR count). The third-order valence-corrected chi connectivity index (χ3v) is 6.46. The fourth-order valence-electron chi connectivity index (χ4n) is 4.36. The van der Waals surface area contributed by atoms with Gasteiger partial charge in [0.25, 0.3) is 0 Å². The van der Waals surface area contributed by atoms with E-state index in [0.717, 1.165) is 31.8 Å². The van der Waals surface area contributed by atoms with Crippen LogP contribution in [0.3, 0.4) is 0 Å². The molecule has 0 amide bonds. The van der Waals surface area contributed by atoms with Crippen molar-refractivity contribution in [1.29, 1.82) is 0 Å². The molecule has 3 aromatic rings. The van der Waals surface area contributed by atoms with Gasteiger partial charge in [0.05, 0.1) is 7.11 Å². The Morgan fingerprint density at radius 2 is 1.55 bits per heavy atom. The van der Waals surface area contributed by atoms with Crippen molar-refractivity contribution in [3.05, 3.63) is 89.5 Å². The lowest BCUT2D eigenvalue weighted by Crippen LogP contribution is -2.25. The molecule has 0 aliphatic heterocycles. The second-order valence-corrected chi connectivity index (χ2v) is 9.34. The lowest BCUT2D eigenvalue weighted by molar-refractivity contribution is -0.192. The molecule has 0 saturated heterocycles. The maximum atomic E-state index is 10.6. The van der Waals surface area contributed by atoms with Crippen LogP contribution in [0.2, 0.25) is 0 Å². The number of halogens is 3. The van der Waals surface area contributed by atoms with Gasteiger partial charge in [-0.15, -0.1) is 0 Å². The number of aliphatic carboxylic acids is 1. The number of carboxylic acid groups (broad SMARTS) is 1. The van der Waals surface area contributed by atoms with E-state index in [-0.39, 0.29) is 0 Å². The van der Waals surface area contributed by atoms with E-state index in [4.69, 9.17) is 14.6 Å². The number of benzene rings is 3. The standard InChI is InChI=1S/C28H34N2O.C2HF3O2/c1-31-28-11-5-6-22(19-28)16-17-29-20-23-12-14-25(15-13-23)26-8-4-7-24(18-26)21-30-27-9-2-3-10-27;3-2(4,5)1(6)7/h4-8,11-15,18-19,27,29-30H,2-3,9-10,16-17,20-21H2,1H3;(H,6,7). The van der Waals surface area contributed by atoms with Crippen molar-refractivity contribution in [3.63, 3.8) is 0 Å². The molecule has 0 heterocycles. The van der Waals surface area contributed by atoms with E-state index in [0.29, 0.717) is 6.04 Å². The summed E-state index contributed by atoms with van der Waals surface area (Å²) in [5.74, 6) is -1.83. The highest BCUT2D eigenvalue weighted by molar-refractivity contribution is 5.73. The SMILES string of the molecule is COc1cccc(CCNCc2ccc(-c3cccc(CNC4CCCC4)c3)cc2)c1.O=C(O)C(F)(F)F. The number of alkyl halides is 3. The Bertz CT molecular complexity index is 1140. The largest absolute Gasteiger partial charge is 0.497 e. The van der Waals surface area contributed by atoms with Crippen LogP contribution in [-0.2, 0) is 24.3 Å². The number of carbonyl (C=O) groups is 1. The molecule has 0 bridgehead atoms. The Hall–Kier alpha value is -3.36. The Morgan fingerprint density at radius 1 is 0.895 bits per heavy atom. The van der Waals surface area contributed by atoms with Crippen LogP contribution in [-0.4, -0.2) is 36.9 Å². The highest BCUT2D eigenvalue weighted by Gasteiger charge is 2.38. The van der Waals surface area contributed by atoms with Crippen LogP contribution in [0.25, 0.3) is 11.1 Å². The maximum Gasteiger partial charge on any atom is 0.490 e. The van der Waals surface area contributed by atoms with Crippen LogP contribution < -0.4 is 15.4 Å². The minimum Gasteiger partial charge on any atom is -0.497 e. The molecule has 8 heteroatoms. The zero-order chi connectivity index (χ0) is 27.4. The molecule has 0 atom stereocenters. The first-order valence-corrected chi connectivity index (χ1v) is 12.8. The molecule has 38 heavy (non-hydrogen) atoms. The Morgan fingerprint density at radius 3 is 2.21 bits per heavy atom. The van der Waals surface area contributed by atoms with Crippen LogP contribution in [0.5, 0.6) is 5.75 Å². The Labute approximate surface area is 222 Å². The third kappa shape index (κ3) is 9.84. The fraction of sp³-hybridized carbons (Fsp3) is 0.367. The monoisotopic (exact) mass is 528 g/mol. The van der Waals surface area contributed by atoms with Crippen molar-refractivity contribution in [2.45, 2.75) is 57.4 Å². The van der Waals surface area contributed by atoms with Gasteiger partial charge < -0.3 is 20.5 Å². The molecule has 204 valence electrons. The summed E-state index contributed by atoms with van der Waals surface area (Å²) in [5, 5.41) is 14.4. The van der Waals surface area contributed by atoms with Crippen molar-refractivity contribution in [3.8, 4) is 16.9 Å². The molecular weight excluding hydrogens is 493 g/mol. The van der Waals surface area contributed by atoms with E-state index in [1.165, 1.54) is 53.5 Å². The summed E-state index contributed by atoms with van der Waals surface area (Å²) in [6, 6.07) is 26.9. The van der Waals surface area contributed by atoms with E-state index >= 15 is 0 Å². The first kappa shape index (κ1) is 29.2. The lowest BCUT2D eigenvalue weighted by atomic mass is 10.0. The summed E-state index contributed by atoms with van der Waals surface area (Å²) in [6.45, 7) is 2.80. The van der Waals surface area contributed by atoms with Gasteiger partial charge >= 0.3 is 12.1 Å². The molecule has 0 aromatic heterocycles. The minimum atomic E-state index is -5.08. The van der Waals surface area contributed by atoms with E-state index in [1.807, 2.05) is 12.1 Å².